The topological polar surface area (TPSA) is 78.1 Å². The van der Waals surface area contributed by atoms with Crippen molar-refractivity contribution in [3.8, 4) is 23.0 Å². The molecule has 0 aromatic heterocycles. The fourth-order valence-corrected chi connectivity index (χ4v) is 2.59. The Balaban J connectivity index is 1.85. The molecule has 0 unspecified atom stereocenters. The molecule has 27 heavy (non-hydrogen) atoms. The van der Waals surface area contributed by atoms with Crippen LogP contribution in [0.3, 0.4) is 0 Å². The Morgan fingerprint density at radius 1 is 0.815 bits per heavy atom. The first-order valence-electron chi connectivity index (χ1n) is 8.54. The van der Waals surface area contributed by atoms with Crippen LogP contribution >= 0.6 is 0 Å². The van der Waals surface area contributed by atoms with E-state index in [1.165, 1.54) is 0 Å². The van der Waals surface area contributed by atoms with Crippen LogP contribution in [-0.2, 0) is 13.0 Å². The molecule has 0 aliphatic carbocycles. The van der Waals surface area contributed by atoms with Gasteiger partial charge in [-0.05, 0) is 35.7 Å². The second kappa shape index (κ2) is 10.2. The van der Waals surface area contributed by atoms with E-state index in [2.05, 4.69) is 10.6 Å². The molecule has 2 N–H and O–H groups in total. The lowest BCUT2D eigenvalue weighted by molar-refractivity contribution is 0.240. The predicted molar refractivity (Wildman–Crippen MR) is 103 cm³/mol. The number of urea groups is 1. The number of hydrogen-bond donors (Lipinski definition) is 2. The van der Waals surface area contributed by atoms with Crippen molar-refractivity contribution < 1.29 is 23.7 Å². The van der Waals surface area contributed by atoms with Crippen LogP contribution in [0.25, 0.3) is 0 Å². The summed E-state index contributed by atoms with van der Waals surface area (Å²) in [6.45, 7) is 0.899. The molecule has 2 amide bonds. The lowest BCUT2D eigenvalue weighted by atomic mass is 10.1. The Hall–Kier alpha value is -3.09. The van der Waals surface area contributed by atoms with E-state index < -0.39 is 0 Å². The van der Waals surface area contributed by atoms with Crippen molar-refractivity contribution in [3.05, 3.63) is 47.5 Å². The highest BCUT2D eigenvalue weighted by atomic mass is 16.5. The number of amides is 2. The van der Waals surface area contributed by atoms with Gasteiger partial charge in [-0.25, -0.2) is 4.79 Å². The zero-order chi connectivity index (χ0) is 19.6. The number of carbonyl (C=O) groups excluding carboxylic acids is 1. The normalized spacial score (nSPS) is 10.1. The van der Waals surface area contributed by atoms with E-state index in [9.17, 15) is 4.79 Å². The average molecular weight is 374 g/mol. The fraction of sp³-hybridized carbons (Fsp3) is 0.350. The van der Waals surface area contributed by atoms with Crippen LogP contribution < -0.4 is 29.6 Å². The van der Waals surface area contributed by atoms with Crippen molar-refractivity contribution in [1.29, 1.82) is 0 Å². The molecule has 7 heteroatoms. The van der Waals surface area contributed by atoms with Crippen molar-refractivity contribution in [2.24, 2.45) is 0 Å². The summed E-state index contributed by atoms with van der Waals surface area (Å²) in [6.07, 6.45) is 0.597. The van der Waals surface area contributed by atoms with Crippen molar-refractivity contribution in [3.63, 3.8) is 0 Å². The van der Waals surface area contributed by atoms with Gasteiger partial charge in [-0.1, -0.05) is 12.1 Å². The molecule has 0 bridgehead atoms. The van der Waals surface area contributed by atoms with Crippen molar-refractivity contribution in [1.82, 2.24) is 10.6 Å². The third kappa shape index (κ3) is 5.70. The van der Waals surface area contributed by atoms with Gasteiger partial charge in [0.15, 0.2) is 11.5 Å². The molecule has 0 saturated heterocycles. The SMILES string of the molecule is COc1ccc(CNC(=O)NCCc2cc(OC)c(OC)cc2OC)cc1. The van der Waals surface area contributed by atoms with Crippen LogP contribution in [-0.4, -0.2) is 41.0 Å². The summed E-state index contributed by atoms with van der Waals surface area (Å²) in [5.74, 6) is 2.70. The summed E-state index contributed by atoms with van der Waals surface area (Å²) in [7, 11) is 6.37. The molecule has 2 aromatic carbocycles. The van der Waals surface area contributed by atoms with Gasteiger partial charge < -0.3 is 29.6 Å². The summed E-state index contributed by atoms with van der Waals surface area (Å²) in [5, 5.41) is 5.66. The molecule has 2 rings (SSSR count). The molecular formula is C20H26N2O5. The summed E-state index contributed by atoms with van der Waals surface area (Å²) in [6, 6.07) is 10.9. The summed E-state index contributed by atoms with van der Waals surface area (Å²) in [5.41, 5.74) is 1.91. The maximum Gasteiger partial charge on any atom is 0.315 e. The van der Waals surface area contributed by atoms with Gasteiger partial charge in [0.1, 0.15) is 11.5 Å². The van der Waals surface area contributed by atoms with Crippen LogP contribution in [0.2, 0.25) is 0 Å². The number of carbonyl (C=O) groups is 1. The maximum absolute atomic E-state index is 12.0. The first-order chi connectivity index (χ1) is 13.1. The van der Waals surface area contributed by atoms with E-state index in [1.54, 1.807) is 34.5 Å². The number of ether oxygens (including phenoxy) is 4. The number of hydrogen-bond acceptors (Lipinski definition) is 5. The van der Waals surface area contributed by atoms with Crippen LogP contribution in [0.4, 0.5) is 4.79 Å². The molecule has 0 fully saturated rings. The van der Waals surface area contributed by atoms with Gasteiger partial charge in [0.2, 0.25) is 0 Å². The van der Waals surface area contributed by atoms with Gasteiger partial charge >= 0.3 is 6.03 Å². The lowest BCUT2D eigenvalue weighted by Crippen LogP contribution is -2.36. The quantitative estimate of drug-likeness (QED) is 0.706. The van der Waals surface area contributed by atoms with Crippen molar-refractivity contribution >= 4 is 6.03 Å². The standard InChI is InChI=1S/C20H26N2O5/c1-24-16-7-5-14(6-8-16)13-22-20(23)21-10-9-15-11-18(26-3)19(27-4)12-17(15)25-2/h5-8,11-12H,9-10,13H2,1-4H3,(H2,21,22,23). The third-order valence-electron chi connectivity index (χ3n) is 4.08. The second-order valence-corrected chi connectivity index (χ2v) is 5.73. The van der Waals surface area contributed by atoms with Crippen molar-refractivity contribution in [2.75, 3.05) is 35.0 Å². The van der Waals surface area contributed by atoms with E-state index in [1.807, 2.05) is 30.3 Å². The zero-order valence-electron chi connectivity index (χ0n) is 16.1. The Bertz CT molecular complexity index is 747. The van der Waals surface area contributed by atoms with Gasteiger partial charge in [-0.3, -0.25) is 0 Å². The van der Waals surface area contributed by atoms with Gasteiger partial charge in [-0.15, -0.1) is 0 Å². The first-order valence-corrected chi connectivity index (χ1v) is 8.54. The Labute approximate surface area is 159 Å². The molecule has 0 aliphatic rings. The van der Waals surface area contributed by atoms with Crippen LogP contribution in [0.1, 0.15) is 11.1 Å². The molecule has 0 atom stereocenters. The Kier molecular flexibility index (Phi) is 7.61. The summed E-state index contributed by atoms with van der Waals surface area (Å²) in [4.78, 5) is 12.0. The number of benzene rings is 2. The monoisotopic (exact) mass is 374 g/mol. The minimum absolute atomic E-state index is 0.231. The summed E-state index contributed by atoms with van der Waals surface area (Å²) < 4.78 is 21.1. The highest BCUT2D eigenvalue weighted by Gasteiger charge is 2.12. The number of methoxy groups -OCH3 is 4. The predicted octanol–water partition coefficient (Wildman–Crippen LogP) is 2.76. The second-order valence-electron chi connectivity index (χ2n) is 5.73. The lowest BCUT2D eigenvalue weighted by Gasteiger charge is -2.14. The van der Waals surface area contributed by atoms with Crippen LogP contribution in [0.5, 0.6) is 23.0 Å². The fourth-order valence-electron chi connectivity index (χ4n) is 2.59. The van der Waals surface area contributed by atoms with E-state index in [4.69, 9.17) is 18.9 Å². The van der Waals surface area contributed by atoms with E-state index in [0.717, 1.165) is 16.9 Å². The molecule has 0 spiro atoms. The van der Waals surface area contributed by atoms with Gasteiger partial charge in [-0.2, -0.15) is 0 Å². The number of nitrogens with one attached hydrogen (secondary N) is 2. The van der Waals surface area contributed by atoms with E-state index >= 15 is 0 Å². The van der Waals surface area contributed by atoms with Gasteiger partial charge in [0, 0.05) is 19.2 Å². The molecular weight excluding hydrogens is 348 g/mol. The minimum Gasteiger partial charge on any atom is -0.497 e. The van der Waals surface area contributed by atoms with E-state index in [-0.39, 0.29) is 6.03 Å². The molecule has 0 saturated carbocycles. The Morgan fingerprint density at radius 3 is 2.04 bits per heavy atom. The van der Waals surface area contributed by atoms with Crippen molar-refractivity contribution in [2.45, 2.75) is 13.0 Å². The minimum atomic E-state index is -0.231. The highest BCUT2D eigenvalue weighted by Crippen LogP contribution is 2.34. The molecule has 0 heterocycles. The first kappa shape index (κ1) is 20.2. The van der Waals surface area contributed by atoms with E-state index in [0.29, 0.717) is 36.8 Å². The zero-order valence-corrected chi connectivity index (χ0v) is 16.1. The van der Waals surface area contributed by atoms with Crippen LogP contribution in [0.15, 0.2) is 36.4 Å². The third-order valence-corrected chi connectivity index (χ3v) is 4.08. The molecule has 0 radical (unpaired) electrons. The van der Waals surface area contributed by atoms with Gasteiger partial charge in [0.05, 0.1) is 28.4 Å². The average Bonchev–Trinajstić information content (AvgIpc) is 2.72. The molecule has 146 valence electrons. The number of rotatable bonds is 9. The highest BCUT2D eigenvalue weighted by molar-refractivity contribution is 5.73. The molecule has 2 aromatic rings. The maximum atomic E-state index is 12.0. The van der Waals surface area contributed by atoms with Gasteiger partial charge in [0.25, 0.3) is 0 Å². The smallest absolute Gasteiger partial charge is 0.315 e. The molecule has 7 nitrogen and oxygen atoms in total. The van der Waals surface area contributed by atoms with Crippen LogP contribution in [0, 0.1) is 0 Å². The Morgan fingerprint density at radius 2 is 1.44 bits per heavy atom. The largest absolute Gasteiger partial charge is 0.497 e. The summed E-state index contributed by atoms with van der Waals surface area (Å²) >= 11 is 0. The molecule has 0 aliphatic heterocycles.